The topological polar surface area (TPSA) is 33.5 Å². The number of imidazole rings is 1. The molecule has 0 unspecified atom stereocenters. The number of hydrogen-bond donors (Lipinski definition) is 0. The Morgan fingerprint density at radius 2 is 2.04 bits per heavy atom. The molecule has 1 aliphatic rings. The molecular weight excluding hydrogens is 288 g/mol. The standard InChI is InChI=1S/C18H26N4O/c1-20(2)13-16-18(15-7-5-4-6-8-15)22(11-12-23-16)14-17-19-9-10-21(17)3/h4-10,16,18H,11-14H2,1-3H3/t16-,18-/m0/s1. The highest BCUT2D eigenvalue weighted by atomic mass is 16.5. The molecule has 1 fully saturated rings. The molecule has 2 heterocycles. The van der Waals surface area contributed by atoms with Crippen molar-refractivity contribution in [3.05, 3.63) is 54.1 Å². The Balaban J connectivity index is 1.87. The van der Waals surface area contributed by atoms with Crippen molar-refractivity contribution in [2.24, 2.45) is 7.05 Å². The van der Waals surface area contributed by atoms with E-state index in [0.29, 0.717) is 0 Å². The molecule has 0 aliphatic carbocycles. The fourth-order valence-corrected chi connectivity index (χ4v) is 3.28. The van der Waals surface area contributed by atoms with Gasteiger partial charge in [-0.3, -0.25) is 4.90 Å². The van der Waals surface area contributed by atoms with Crippen molar-refractivity contribution in [2.75, 3.05) is 33.8 Å². The van der Waals surface area contributed by atoms with Gasteiger partial charge in [0.2, 0.25) is 0 Å². The smallest absolute Gasteiger partial charge is 0.122 e. The molecule has 1 aromatic carbocycles. The van der Waals surface area contributed by atoms with Crippen LogP contribution in [-0.4, -0.2) is 59.2 Å². The number of hydrogen-bond acceptors (Lipinski definition) is 4. The minimum absolute atomic E-state index is 0.168. The van der Waals surface area contributed by atoms with Crippen LogP contribution in [0.1, 0.15) is 17.4 Å². The Kier molecular flexibility index (Phi) is 5.10. The monoisotopic (exact) mass is 314 g/mol. The summed E-state index contributed by atoms with van der Waals surface area (Å²) >= 11 is 0. The van der Waals surface area contributed by atoms with E-state index in [1.165, 1.54) is 5.56 Å². The molecule has 0 amide bonds. The first-order valence-electron chi connectivity index (χ1n) is 8.16. The van der Waals surface area contributed by atoms with Gasteiger partial charge in [-0.2, -0.15) is 0 Å². The summed E-state index contributed by atoms with van der Waals surface area (Å²) in [7, 11) is 6.25. The highest BCUT2D eigenvalue weighted by Gasteiger charge is 2.34. The molecule has 1 aliphatic heterocycles. The molecule has 0 saturated carbocycles. The number of morpholine rings is 1. The van der Waals surface area contributed by atoms with Crippen molar-refractivity contribution in [1.29, 1.82) is 0 Å². The van der Waals surface area contributed by atoms with Gasteiger partial charge in [-0.15, -0.1) is 0 Å². The van der Waals surface area contributed by atoms with Crippen LogP contribution in [0.3, 0.4) is 0 Å². The summed E-state index contributed by atoms with van der Waals surface area (Å²) in [6, 6.07) is 10.9. The van der Waals surface area contributed by atoms with Gasteiger partial charge in [0.1, 0.15) is 5.82 Å². The number of ether oxygens (including phenoxy) is 1. The van der Waals surface area contributed by atoms with Gasteiger partial charge in [0.25, 0.3) is 0 Å². The zero-order chi connectivity index (χ0) is 16.2. The van der Waals surface area contributed by atoms with Crippen LogP contribution in [0.15, 0.2) is 42.7 Å². The van der Waals surface area contributed by atoms with Gasteiger partial charge in [-0.1, -0.05) is 30.3 Å². The number of aromatic nitrogens is 2. The average molecular weight is 314 g/mol. The van der Waals surface area contributed by atoms with Crippen LogP contribution in [0.2, 0.25) is 0 Å². The van der Waals surface area contributed by atoms with E-state index in [1.807, 2.05) is 12.4 Å². The van der Waals surface area contributed by atoms with Gasteiger partial charge in [-0.25, -0.2) is 4.98 Å². The number of benzene rings is 1. The summed E-state index contributed by atoms with van der Waals surface area (Å²) in [5, 5.41) is 0. The average Bonchev–Trinajstić information content (AvgIpc) is 2.93. The SMILES string of the molecule is CN(C)C[C@@H]1OCCN(Cc2nccn2C)[C@H]1c1ccccc1. The van der Waals surface area contributed by atoms with Crippen LogP contribution in [0, 0.1) is 0 Å². The molecule has 2 aromatic rings. The number of rotatable bonds is 5. The predicted octanol–water partition coefficient (Wildman–Crippen LogP) is 1.92. The van der Waals surface area contributed by atoms with E-state index >= 15 is 0 Å². The van der Waals surface area contributed by atoms with Crippen LogP contribution < -0.4 is 0 Å². The molecule has 1 saturated heterocycles. The molecule has 124 valence electrons. The Morgan fingerprint density at radius 3 is 2.70 bits per heavy atom. The lowest BCUT2D eigenvalue weighted by Gasteiger charge is -2.42. The Morgan fingerprint density at radius 1 is 1.26 bits per heavy atom. The van der Waals surface area contributed by atoms with Gasteiger partial charge in [0, 0.05) is 32.5 Å². The Labute approximate surface area is 138 Å². The minimum atomic E-state index is 0.168. The summed E-state index contributed by atoms with van der Waals surface area (Å²) in [5.41, 5.74) is 1.31. The third-order valence-corrected chi connectivity index (χ3v) is 4.41. The van der Waals surface area contributed by atoms with Gasteiger partial charge in [-0.05, 0) is 19.7 Å². The van der Waals surface area contributed by atoms with Crippen molar-refractivity contribution < 1.29 is 4.74 Å². The molecule has 2 atom stereocenters. The van der Waals surface area contributed by atoms with E-state index in [9.17, 15) is 0 Å². The van der Waals surface area contributed by atoms with E-state index < -0.39 is 0 Å². The van der Waals surface area contributed by atoms with Crippen molar-refractivity contribution in [2.45, 2.75) is 18.7 Å². The van der Waals surface area contributed by atoms with Gasteiger partial charge < -0.3 is 14.2 Å². The maximum atomic E-state index is 6.12. The summed E-state index contributed by atoms with van der Waals surface area (Å²) in [6.07, 6.45) is 4.04. The van der Waals surface area contributed by atoms with E-state index in [0.717, 1.165) is 32.1 Å². The summed E-state index contributed by atoms with van der Waals surface area (Å²) in [4.78, 5) is 9.19. The normalized spacial score (nSPS) is 22.6. The third kappa shape index (κ3) is 3.80. The van der Waals surface area contributed by atoms with Crippen LogP contribution >= 0.6 is 0 Å². The largest absolute Gasteiger partial charge is 0.374 e. The molecule has 5 heteroatoms. The lowest BCUT2D eigenvalue weighted by molar-refractivity contribution is -0.0846. The molecule has 0 N–H and O–H groups in total. The lowest BCUT2D eigenvalue weighted by Crippen LogP contribution is -2.48. The lowest BCUT2D eigenvalue weighted by atomic mass is 9.97. The second-order valence-corrected chi connectivity index (χ2v) is 6.45. The quantitative estimate of drug-likeness (QED) is 0.844. The summed E-state index contributed by atoms with van der Waals surface area (Å²) < 4.78 is 8.22. The molecule has 23 heavy (non-hydrogen) atoms. The molecule has 5 nitrogen and oxygen atoms in total. The fourth-order valence-electron chi connectivity index (χ4n) is 3.28. The summed E-state index contributed by atoms with van der Waals surface area (Å²) in [6.45, 7) is 3.45. The van der Waals surface area contributed by atoms with Crippen LogP contribution in [0.5, 0.6) is 0 Å². The minimum Gasteiger partial charge on any atom is -0.374 e. The van der Waals surface area contributed by atoms with Gasteiger partial charge in [0.05, 0.1) is 25.3 Å². The first kappa shape index (κ1) is 16.2. The number of nitrogens with zero attached hydrogens (tertiary/aromatic N) is 4. The maximum Gasteiger partial charge on any atom is 0.122 e. The van der Waals surface area contributed by atoms with Crippen LogP contribution in [-0.2, 0) is 18.3 Å². The molecule has 1 aromatic heterocycles. The summed E-state index contributed by atoms with van der Waals surface area (Å²) in [5.74, 6) is 1.09. The molecular formula is C18H26N4O. The Bertz CT molecular complexity index is 610. The first-order chi connectivity index (χ1) is 11.1. The van der Waals surface area contributed by atoms with Gasteiger partial charge >= 0.3 is 0 Å². The third-order valence-electron chi connectivity index (χ3n) is 4.41. The van der Waals surface area contributed by atoms with Crippen LogP contribution in [0.4, 0.5) is 0 Å². The molecule has 3 rings (SSSR count). The molecule has 0 spiro atoms. The van der Waals surface area contributed by atoms with Crippen molar-refractivity contribution >= 4 is 0 Å². The van der Waals surface area contributed by atoms with E-state index in [4.69, 9.17) is 4.74 Å². The first-order valence-corrected chi connectivity index (χ1v) is 8.16. The second kappa shape index (κ2) is 7.25. The molecule has 0 bridgehead atoms. The van der Waals surface area contributed by atoms with E-state index in [2.05, 4.69) is 70.8 Å². The Hall–Kier alpha value is -1.69. The maximum absolute atomic E-state index is 6.12. The predicted molar refractivity (Wildman–Crippen MR) is 91.1 cm³/mol. The second-order valence-electron chi connectivity index (χ2n) is 6.45. The van der Waals surface area contributed by atoms with Crippen LogP contribution in [0.25, 0.3) is 0 Å². The molecule has 0 radical (unpaired) electrons. The highest BCUT2D eigenvalue weighted by molar-refractivity contribution is 5.21. The number of likely N-dealkylation sites (N-methyl/N-ethyl adjacent to an activating group) is 1. The van der Waals surface area contributed by atoms with Crippen molar-refractivity contribution in [3.63, 3.8) is 0 Å². The fraction of sp³-hybridized carbons (Fsp3) is 0.500. The number of aryl methyl sites for hydroxylation is 1. The van der Waals surface area contributed by atoms with E-state index in [-0.39, 0.29) is 12.1 Å². The zero-order valence-corrected chi connectivity index (χ0v) is 14.2. The zero-order valence-electron chi connectivity index (χ0n) is 14.2. The van der Waals surface area contributed by atoms with E-state index in [1.54, 1.807) is 0 Å². The highest BCUT2D eigenvalue weighted by Crippen LogP contribution is 2.31. The van der Waals surface area contributed by atoms with Crippen molar-refractivity contribution in [3.8, 4) is 0 Å². The van der Waals surface area contributed by atoms with Crippen molar-refractivity contribution in [1.82, 2.24) is 19.4 Å². The van der Waals surface area contributed by atoms with Gasteiger partial charge in [0.15, 0.2) is 0 Å².